The van der Waals surface area contributed by atoms with Crippen LogP contribution in [-0.2, 0) is 0 Å². The Morgan fingerprint density at radius 2 is 0.825 bits per heavy atom. The van der Waals surface area contributed by atoms with Gasteiger partial charge in [0, 0.05) is 23.6 Å². The van der Waals surface area contributed by atoms with E-state index < -0.39 is 11.9 Å². The summed E-state index contributed by atoms with van der Waals surface area (Å²) >= 11 is 0. The first kappa shape index (κ1) is 25.7. The zero-order valence-electron chi connectivity index (χ0n) is 20.8. The molecule has 1 heterocycles. The number of hydrogen-bond acceptors (Lipinski definition) is 8. The van der Waals surface area contributed by atoms with Gasteiger partial charge in [-0.2, -0.15) is 0 Å². The second-order valence-corrected chi connectivity index (χ2v) is 8.51. The van der Waals surface area contributed by atoms with E-state index in [-0.39, 0.29) is 11.1 Å². The molecule has 1 aromatic heterocycles. The number of aromatic nitrogens is 4. The van der Waals surface area contributed by atoms with Gasteiger partial charge in [-0.15, -0.1) is 20.4 Å². The van der Waals surface area contributed by atoms with Crippen molar-refractivity contribution in [3.8, 4) is 22.8 Å². The van der Waals surface area contributed by atoms with Crippen LogP contribution in [0.1, 0.15) is 31.8 Å². The van der Waals surface area contributed by atoms with Crippen molar-refractivity contribution >= 4 is 35.7 Å². The Bertz CT molecular complexity index is 1570. The molecule has 0 radical (unpaired) electrons. The van der Waals surface area contributed by atoms with E-state index in [1.807, 2.05) is 48.5 Å². The van der Waals surface area contributed by atoms with Crippen molar-refractivity contribution in [3.63, 3.8) is 0 Å². The first-order valence-corrected chi connectivity index (χ1v) is 12.0. The van der Waals surface area contributed by atoms with Gasteiger partial charge in [0.15, 0.2) is 0 Å². The summed E-state index contributed by atoms with van der Waals surface area (Å²) in [6.45, 7) is 0. The fraction of sp³-hybridized carbons (Fsp3) is 0. The molecule has 10 heteroatoms. The third kappa shape index (κ3) is 6.32. The maximum atomic E-state index is 11.0. The third-order valence-corrected chi connectivity index (χ3v) is 5.77. The highest BCUT2D eigenvalue weighted by Gasteiger charge is 2.07. The van der Waals surface area contributed by atoms with Crippen LogP contribution in [0, 0.1) is 0 Å². The topological polar surface area (TPSA) is 151 Å². The number of carboxylic acids is 2. The number of carboxylic acid groups (broad SMARTS) is 2. The molecule has 194 valence electrons. The van der Waals surface area contributed by atoms with Gasteiger partial charge in [0.05, 0.1) is 22.5 Å². The van der Waals surface area contributed by atoms with Gasteiger partial charge in [0.25, 0.3) is 0 Å². The van der Waals surface area contributed by atoms with Crippen molar-refractivity contribution in [2.75, 3.05) is 0 Å². The lowest BCUT2D eigenvalue weighted by atomic mass is 10.1. The van der Waals surface area contributed by atoms with Gasteiger partial charge in [-0.05, 0) is 83.9 Å². The van der Waals surface area contributed by atoms with Gasteiger partial charge in [0.2, 0.25) is 11.6 Å². The van der Waals surface area contributed by atoms with Crippen molar-refractivity contribution in [2.45, 2.75) is 0 Å². The summed E-state index contributed by atoms with van der Waals surface area (Å²) in [5.74, 6) is -1.19. The van der Waals surface area contributed by atoms with E-state index in [9.17, 15) is 9.59 Å². The molecular weight excluding hydrogens is 508 g/mol. The molecule has 5 rings (SSSR count). The van der Waals surface area contributed by atoms with E-state index in [1.165, 1.54) is 24.3 Å². The summed E-state index contributed by atoms with van der Waals surface area (Å²) in [4.78, 5) is 30.7. The molecule has 0 bridgehead atoms. The number of benzene rings is 4. The van der Waals surface area contributed by atoms with Crippen LogP contribution in [0.4, 0.5) is 11.4 Å². The van der Waals surface area contributed by atoms with E-state index in [0.29, 0.717) is 23.0 Å². The summed E-state index contributed by atoms with van der Waals surface area (Å²) in [6, 6.07) is 27.4. The number of rotatable bonds is 8. The standard InChI is InChI=1S/C30H20N6O4/c37-29(38)23-5-1-19(2-6-23)17-31-25-13-9-21(10-14-25)27-33-35-28(36-34-27)22-11-15-26(16-12-22)32-18-20-3-7-24(8-4-20)30(39)40/h1-18H,(H,37,38)(H,39,40). The quantitative estimate of drug-likeness (QED) is 0.251. The number of hydrogen-bond donors (Lipinski definition) is 2. The van der Waals surface area contributed by atoms with Crippen LogP contribution in [0.15, 0.2) is 107 Å². The van der Waals surface area contributed by atoms with Crippen molar-refractivity contribution in [3.05, 3.63) is 119 Å². The Labute approximate surface area is 228 Å². The van der Waals surface area contributed by atoms with Gasteiger partial charge in [-0.3, -0.25) is 9.98 Å². The predicted octanol–water partition coefficient (Wildman–Crippen LogP) is 5.50. The summed E-state index contributed by atoms with van der Waals surface area (Å²) < 4.78 is 0. The minimum atomic E-state index is -0.971. The number of carbonyl (C=O) groups is 2. The van der Waals surface area contributed by atoms with Crippen LogP contribution >= 0.6 is 0 Å². The highest BCUT2D eigenvalue weighted by atomic mass is 16.4. The molecule has 0 aliphatic carbocycles. The summed E-state index contributed by atoms with van der Waals surface area (Å²) in [5.41, 5.74) is 4.91. The summed E-state index contributed by atoms with van der Waals surface area (Å²) in [5, 5.41) is 34.8. The molecule has 10 nitrogen and oxygen atoms in total. The highest BCUT2D eigenvalue weighted by molar-refractivity contribution is 5.90. The lowest BCUT2D eigenvalue weighted by Crippen LogP contribution is -1.99. The van der Waals surface area contributed by atoms with E-state index in [2.05, 4.69) is 30.4 Å². The highest BCUT2D eigenvalue weighted by Crippen LogP contribution is 2.22. The number of nitrogens with zero attached hydrogens (tertiary/aromatic N) is 6. The lowest BCUT2D eigenvalue weighted by molar-refractivity contribution is 0.0686. The first-order valence-electron chi connectivity index (χ1n) is 12.0. The molecule has 0 saturated heterocycles. The molecule has 0 spiro atoms. The van der Waals surface area contributed by atoms with E-state index in [0.717, 1.165) is 22.3 Å². The molecule has 0 amide bonds. The molecule has 0 aliphatic heterocycles. The summed E-state index contributed by atoms with van der Waals surface area (Å²) in [6.07, 6.45) is 3.31. The Morgan fingerprint density at radius 3 is 1.12 bits per heavy atom. The monoisotopic (exact) mass is 528 g/mol. The van der Waals surface area contributed by atoms with Gasteiger partial charge in [-0.25, -0.2) is 9.59 Å². The molecular formula is C30H20N6O4. The van der Waals surface area contributed by atoms with E-state index in [4.69, 9.17) is 10.2 Å². The number of aliphatic imine (C=N–C) groups is 2. The molecule has 0 atom stereocenters. The van der Waals surface area contributed by atoms with E-state index in [1.54, 1.807) is 36.7 Å². The largest absolute Gasteiger partial charge is 0.478 e. The third-order valence-electron chi connectivity index (χ3n) is 5.77. The second kappa shape index (κ2) is 11.7. The van der Waals surface area contributed by atoms with Crippen LogP contribution in [0.2, 0.25) is 0 Å². The zero-order valence-corrected chi connectivity index (χ0v) is 20.8. The van der Waals surface area contributed by atoms with Crippen molar-refractivity contribution < 1.29 is 19.8 Å². The van der Waals surface area contributed by atoms with Crippen LogP contribution in [0.3, 0.4) is 0 Å². The molecule has 0 unspecified atom stereocenters. The van der Waals surface area contributed by atoms with Gasteiger partial charge < -0.3 is 10.2 Å². The molecule has 0 aliphatic rings. The molecule has 5 aromatic rings. The molecule has 0 fully saturated rings. The molecule has 0 saturated carbocycles. The Kier molecular flexibility index (Phi) is 7.50. The fourth-order valence-corrected chi connectivity index (χ4v) is 3.58. The van der Waals surface area contributed by atoms with Crippen molar-refractivity contribution in [1.29, 1.82) is 0 Å². The van der Waals surface area contributed by atoms with Crippen LogP contribution < -0.4 is 0 Å². The van der Waals surface area contributed by atoms with Gasteiger partial charge >= 0.3 is 11.9 Å². The zero-order chi connectivity index (χ0) is 27.9. The average molecular weight is 529 g/mol. The predicted molar refractivity (Wildman–Crippen MR) is 150 cm³/mol. The number of aromatic carboxylic acids is 2. The minimum Gasteiger partial charge on any atom is -0.478 e. The lowest BCUT2D eigenvalue weighted by Gasteiger charge is -2.02. The minimum absolute atomic E-state index is 0.222. The van der Waals surface area contributed by atoms with Gasteiger partial charge in [-0.1, -0.05) is 24.3 Å². The van der Waals surface area contributed by atoms with E-state index >= 15 is 0 Å². The van der Waals surface area contributed by atoms with Crippen molar-refractivity contribution in [2.24, 2.45) is 9.98 Å². The maximum Gasteiger partial charge on any atom is 0.335 e. The molecule has 4 aromatic carbocycles. The first-order chi connectivity index (χ1) is 19.4. The molecule has 40 heavy (non-hydrogen) atoms. The van der Waals surface area contributed by atoms with Crippen LogP contribution in [0.25, 0.3) is 22.8 Å². The second-order valence-electron chi connectivity index (χ2n) is 8.51. The Morgan fingerprint density at radius 1 is 0.500 bits per heavy atom. The van der Waals surface area contributed by atoms with Crippen molar-refractivity contribution in [1.82, 2.24) is 20.4 Å². The molecule has 2 N–H and O–H groups in total. The van der Waals surface area contributed by atoms with Gasteiger partial charge in [0.1, 0.15) is 0 Å². The van der Waals surface area contributed by atoms with Crippen LogP contribution in [-0.4, -0.2) is 55.0 Å². The summed E-state index contributed by atoms with van der Waals surface area (Å²) in [7, 11) is 0. The maximum absolute atomic E-state index is 11.0. The van der Waals surface area contributed by atoms with Crippen LogP contribution in [0.5, 0.6) is 0 Å². The smallest absolute Gasteiger partial charge is 0.335 e. The average Bonchev–Trinajstić information content (AvgIpc) is 3.00. The normalized spacial score (nSPS) is 11.2. The Balaban J connectivity index is 1.21. The Hall–Kier alpha value is -5.90. The SMILES string of the molecule is O=C(O)c1ccc(C=Nc2ccc(-c3nnc(-c4ccc(N=Cc5ccc(C(=O)O)cc5)cc4)nn3)cc2)cc1. The fourth-order valence-electron chi connectivity index (χ4n) is 3.58.